The molecule has 3 heterocycles. The van der Waals surface area contributed by atoms with E-state index < -0.39 is 12.1 Å². The number of ether oxygens (including phenoxy) is 1. The number of nitrogens with one attached hydrogen (secondary N) is 1. The van der Waals surface area contributed by atoms with Crippen molar-refractivity contribution in [2.24, 2.45) is 0 Å². The van der Waals surface area contributed by atoms with E-state index in [0.29, 0.717) is 17.4 Å². The van der Waals surface area contributed by atoms with Crippen LogP contribution in [0.5, 0.6) is 5.75 Å². The minimum atomic E-state index is -4.98. The summed E-state index contributed by atoms with van der Waals surface area (Å²) in [6.45, 7) is 3.60. The number of pyridine rings is 1. The molecule has 1 aliphatic rings. The summed E-state index contributed by atoms with van der Waals surface area (Å²) in [5.74, 6) is -0.902. The van der Waals surface area contributed by atoms with E-state index in [1.165, 1.54) is 34.9 Å². The number of aromatic nitrogens is 3. The highest BCUT2D eigenvalue weighted by molar-refractivity contribution is 5.94. The van der Waals surface area contributed by atoms with Crippen molar-refractivity contribution in [3.63, 3.8) is 0 Å². The molecule has 0 aliphatic carbocycles. The Balaban J connectivity index is 1.33. The van der Waals surface area contributed by atoms with E-state index in [1.807, 2.05) is 12.4 Å². The molecular weight excluding hydrogens is 475 g/mol. The first-order chi connectivity index (χ1) is 17.2. The van der Waals surface area contributed by atoms with Crippen LogP contribution >= 0.6 is 0 Å². The molecule has 3 aromatic rings. The molecule has 0 bridgehead atoms. The number of halogens is 3. The van der Waals surface area contributed by atoms with Crippen molar-refractivity contribution < 1.29 is 22.7 Å². The number of nitrogens with zero attached hydrogens (tertiary/aromatic N) is 4. The molecule has 190 valence electrons. The van der Waals surface area contributed by atoms with Crippen LogP contribution in [-0.2, 0) is 11.2 Å². The molecule has 1 N–H and O–H groups in total. The monoisotopic (exact) mass is 501 g/mol. The maximum Gasteiger partial charge on any atom is 0.471 e. The Morgan fingerprint density at radius 1 is 1.11 bits per heavy atom. The standard InChI is InChI=1S/C25H26F3N5O3/c1-2-3-17-15-29-24(30-16-17)32-11-8-20(9-12-32)36-21-10-13-33(22(34)14-21)19-6-4-18(5-7-19)31-23(35)25(26,27)28/h4-7,10,13-16,20H,2-3,8-9,11-12H2,1H3,(H,31,35). The summed E-state index contributed by atoms with van der Waals surface area (Å²) < 4.78 is 44.5. The van der Waals surface area contributed by atoms with Crippen molar-refractivity contribution >= 4 is 17.5 Å². The quantitative estimate of drug-likeness (QED) is 0.524. The molecule has 0 unspecified atom stereocenters. The van der Waals surface area contributed by atoms with E-state index in [0.717, 1.165) is 44.3 Å². The van der Waals surface area contributed by atoms with Crippen molar-refractivity contribution in [3.8, 4) is 11.4 Å². The van der Waals surface area contributed by atoms with Crippen LogP contribution in [0, 0.1) is 0 Å². The molecule has 1 fully saturated rings. The SMILES string of the molecule is CCCc1cnc(N2CCC(Oc3ccn(-c4ccc(NC(=O)C(F)(F)F)cc4)c(=O)c3)CC2)nc1. The van der Waals surface area contributed by atoms with E-state index in [9.17, 15) is 22.8 Å². The fourth-order valence-corrected chi connectivity index (χ4v) is 3.95. The van der Waals surface area contributed by atoms with Crippen molar-refractivity contribution in [3.05, 3.63) is 70.9 Å². The van der Waals surface area contributed by atoms with E-state index in [-0.39, 0.29) is 17.4 Å². The highest BCUT2D eigenvalue weighted by atomic mass is 19.4. The third-order valence-electron chi connectivity index (χ3n) is 5.81. The summed E-state index contributed by atoms with van der Waals surface area (Å²) >= 11 is 0. The van der Waals surface area contributed by atoms with Gasteiger partial charge in [-0.1, -0.05) is 13.3 Å². The second-order valence-electron chi connectivity index (χ2n) is 8.52. The average molecular weight is 502 g/mol. The number of alkyl halides is 3. The molecule has 4 rings (SSSR count). The number of anilines is 2. The van der Waals surface area contributed by atoms with Crippen molar-refractivity contribution in [2.45, 2.75) is 44.9 Å². The number of rotatable bonds is 7. The number of hydrogen-bond acceptors (Lipinski definition) is 6. The van der Waals surface area contributed by atoms with Gasteiger partial charge in [0.15, 0.2) is 0 Å². The Morgan fingerprint density at radius 2 is 1.78 bits per heavy atom. The van der Waals surface area contributed by atoms with Gasteiger partial charge >= 0.3 is 12.1 Å². The molecule has 1 aliphatic heterocycles. The molecule has 0 spiro atoms. The van der Waals surface area contributed by atoms with Gasteiger partial charge < -0.3 is 15.0 Å². The van der Waals surface area contributed by atoms with Crippen molar-refractivity contribution in [2.75, 3.05) is 23.3 Å². The molecule has 1 saturated heterocycles. The van der Waals surface area contributed by atoms with Gasteiger partial charge in [-0.15, -0.1) is 0 Å². The smallest absolute Gasteiger partial charge is 0.471 e. The van der Waals surface area contributed by atoms with Crippen LogP contribution in [0.2, 0.25) is 0 Å². The predicted molar refractivity (Wildman–Crippen MR) is 129 cm³/mol. The third-order valence-corrected chi connectivity index (χ3v) is 5.81. The molecule has 1 amide bonds. The largest absolute Gasteiger partial charge is 0.490 e. The van der Waals surface area contributed by atoms with Crippen LogP contribution in [0.25, 0.3) is 5.69 Å². The van der Waals surface area contributed by atoms with Crippen LogP contribution in [0.15, 0.2) is 59.8 Å². The lowest BCUT2D eigenvalue weighted by Gasteiger charge is -2.32. The Labute approximate surface area is 205 Å². The summed E-state index contributed by atoms with van der Waals surface area (Å²) in [5, 5.41) is 1.77. The first-order valence-corrected chi connectivity index (χ1v) is 11.7. The van der Waals surface area contributed by atoms with Crippen molar-refractivity contribution in [1.29, 1.82) is 0 Å². The average Bonchev–Trinajstić information content (AvgIpc) is 2.85. The number of piperidine rings is 1. The van der Waals surface area contributed by atoms with Crippen LogP contribution in [0.4, 0.5) is 24.8 Å². The van der Waals surface area contributed by atoms with Gasteiger partial charge in [0.1, 0.15) is 11.9 Å². The minimum Gasteiger partial charge on any atom is -0.490 e. The zero-order chi connectivity index (χ0) is 25.7. The maximum absolute atomic E-state index is 12.6. The van der Waals surface area contributed by atoms with E-state index in [4.69, 9.17) is 4.74 Å². The Hall–Kier alpha value is -3.89. The van der Waals surface area contributed by atoms with Gasteiger partial charge in [-0.2, -0.15) is 13.2 Å². The molecule has 1 aromatic carbocycles. The zero-order valence-electron chi connectivity index (χ0n) is 19.7. The molecule has 2 aromatic heterocycles. The molecule has 0 saturated carbocycles. The van der Waals surface area contributed by atoms with Gasteiger partial charge in [-0.25, -0.2) is 9.97 Å². The highest BCUT2D eigenvalue weighted by Gasteiger charge is 2.38. The fourth-order valence-electron chi connectivity index (χ4n) is 3.95. The molecule has 36 heavy (non-hydrogen) atoms. The second kappa shape index (κ2) is 10.8. The first kappa shape index (κ1) is 25.2. The Kier molecular flexibility index (Phi) is 7.56. The van der Waals surface area contributed by atoms with E-state index >= 15 is 0 Å². The lowest BCUT2D eigenvalue weighted by atomic mass is 10.1. The zero-order valence-corrected chi connectivity index (χ0v) is 19.7. The van der Waals surface area contributed by atoms with Gasteiger partial charge in [0.25, 0.3) is 5.56 Å². The van der Waals surface area contributed by atoms with Gasteiger partial charge in [-0.05, 0) is 42.3 Å². The predicted octanol–water partition coefficient (Wildman–Crippen LogP) is 4.13. The number of carbonyl (C=O) groups is 1. The molecule has 11 heteroatoms. The van der Waals surface area contributed by atoms with Crippen LogP contribution < -0.4 is 20.5 Å². The van der Waals surface area contributed by atoms with Crippen LogP contribution in [0.3, 0.4) is 0 Å². The first-order valence-electron chi connectivity index (χ1n) is 11.7. The summed E-state index contributed by atoms with van der Waals surface area (Å²) in [4.78, 5) is 34.7. The molecular formula is C25H26F3N5O3. The van der Waals surface area contributed by atoms with Gasteiger partial charge in [-0.3, -0.25) is 14.2 Å². The lowest BCUT2D eigenvalue weighted by Crippen LogP contribution is -2.39. The highest BCUT2D eigenvalue weighted by Crippen LogP contribution is 2.22. The van der Waals surface area contributed by atoms with E-state index in [2.05, 4.69) is 21.8 Å². The Bertz CT molecular complexity index is 1240. The maximum atomic E-state index is 12.6. The second-order valence-corrected chi connectivity index (χ2v) is 8.52. The van der Waals surface area contributed by atoms with Gasteiger partial charge in [0.2, 0.25) is 5.95 Å². The third kappa shape index (κ3) is 6.21. The van der Waals surface area contributed by atoms with Crippen molar-refractivity contribution in [1.82, 2.24) is 14.5 Å². The number of carbonyl (C=O) groups excluding carboxylic acids is 1. The number of amides is 1. The summed E-state index contributed by atoms with van der Waals surface area (Å²) in [6.07, 6.45) is 3.78. The normalized spacial score (nSPS) is 14.5. The number of benzene rings is 1. The Morgan fingerprint density at radius 3 is 2.36 bits per heavy atom. The summed E-state index contributed by atoms with van der Waals surface area (Å²) in [6, 6.07) is 8.53. The molecule has 0 atom stereocenters. The van der Waals surface area contributed by atoms with Gasteiger partial charge in [0.05, 0.1) is 0 Å². The summed E-state index contributed by atoms with van der Waals surface area (Å²) in [7, 11) is 0. The van der Waals surface area contributed by atoms with E-state index in [1.54, 1.807) is 17.6 Å². The summed E-state index contributed by atoms with van der Waals surface area (Å²) in [5.41, 5.74) is 1.19. The van der Waals surface area contributed by atoms with Crippen LogP contribution in [-0.4, -0.2) is 45.8 Å². The fraction of sp³-hybridized carbons (Fsp3) is 0.360. The minimum absolute atomic E-state index is 0.0253. The lowest BCUT2D eigenvalue weighted by molar-refractivity contribution is -0.167. The molecule has 0 radical (unpaired) electrons. The molecule has 8 nitrogen and oxygen atoms in total. The van der Waals surface area contributed by atoms with Gasteiger partial charge in [0, 0.05) is 62.0 Å². The van der Waals surface area contributed by atoms with Crippen LogP contribution in [0.1, 0.15) is 31.7 Å². The number of hydrogen-bond donors (Lipinski definition) is 1. The number of aryl methyl sites for hydroxylation is 1. The topological polar surface area (TPSA) is 89.4 Å².